The van der Waals surface area contributed by atoms with Crippen LogP contribution >= 0.6 is 12.2 Å². The number of allylic oxidation sites excluding steroid dienone is 1. The number of hydrogen-bond donors (Lipinski definition) is 4. The molecule has 0 spiro atoms. The van der Waals surface area contributed by atoms with Crippen molar-refractivity contribution in [2.45, 2.75) is 17.9 Å². The first-order valence-electron chi connectivity index (χ1n) is 10.5. The summed E-state index contributed by atoms with van der Waals surface area (Å²) in [5.74, 6) is -0.378. The fourth-order valence-electron chi connectivity index (χ4n) is 3.39. The van der Waals surface area contributed by atoms with Crippen molar-refractivity contribution in [3.8, 4) is 0 Å². The molecule has 4 N–H and O–H groups in total. The molecule has 4 rings (SSSR count). The summed E-state index contributed by atoms with van der Waals surface area (Å²) >= 11 is 5.26. The normalized spacial score (nSPS) is 15.9. The first-order chi connectivity index (χ1) is 16.8. The van der Waals surface area contributed by atoms with Gasteiger partial charge in [0.05, 0.1) is 16.5 Å². The predicted octanol–water partition coefficient (Wildman–Crippen LogP) is 3.05. The van der Waals surface area contributed by atoms with E-state index in [-0.39, 0.29) is 16.8 Å². The van der Waals surface area contributed by atoms with E-state index in [1.54, 1.807) is 13.0 Å². The summed E-state index contributed by atoms with van der Waals surface area (Å²) in [6.45, 7) is 1.78. The van der Waals surface area contributed by atoms with Crippen LogP contribution in [0.5, 0.6) is 0 Å². The number of amides is 1. The van der Waals surface area contributed by atoms with Crippen molar-refractivity contribution < 1.29 is 13.2 Å². The lowest BCUT2D eigenvalue weighted by molar-refractivity contribution is -0.113. The highest BCUT2D eigenvalue weighted by atomic mass is 32.2. The number of carbonyl (C=O) groups is 1. The van der Waals surface area contributed by atoms with Crippen LogP contribution in [0.25, 0.3) is 6.08 Å². The van der Waals surface area contributed by atoms with Gasteiger partial charge in [-0.05, 0) is 55.0 Å². The molecule has 1 aromatic heterocycles. The van der Waals surface area contributed by atoms with Gasteiger partial charge in [-0.3, -0.25) is 4.79 Å². The zero-order valence-corrected chi connectivity index (χ0v) is 20.2. The van der Waals surface area contributed by atoms with Crippen LogP contribution in [0.15, 0.2) is 95.3 Å². The molecule has 0 fully saturated rings. The fraction of sp³-hybridized carbons (Fsp3) is 0.0833. The third-order valence-corrected chi connectivity index (χ3v) is 6.61. The minimum Gasteiger partial charge on any atom is -0.352 e. The van der Waals surface area contributed by atoms with Crippen molar-refractivity contribution in [3.05, 3.63) is 96.0 Å². The molecule has 35 heavy (non-hydrogen) atoms. The highest BCUT2D eigenvalue weighted by Crippen LogP contribution is 2.20. The smallest absolute Gasteiger partial charge is 0.264 e. The molecule has 0 saturated heterocycles. The lowest BCUT2D eigenvalue weighted by Crippen LogP contribution is -2.49. The van der Waals surface area contributed by atoms with Gasteiger partial charge in [-0.25, -0.2) is 23.1 Å². The Hall–Kier alpha value is -4.09. The lowest BCUT2D eigenvalue weighted by atomic mass is 10.0. The summed E-state index contributed by atoms with van der Waals surface area (Å²) in [7, 11) is -3.88. The van der Waals surface area contributed by atoms with Crippen molar-refractivity contribution in [1.82, 2.24) is 20.6 Å². The van der Waals surface area contributed by atoms with Crippen LogP contribution in [-0.4, -0.2) is 35.4 Å². The standard InChI is InChI=1S/C24H22N6O3S2/c1-16-21(20(29-24(34)27-16)13-8-17-6-3-2-4-7-17)22(31)28-18-9-11-19(12-10-18)35(32,33)30-23-25-14-5-15-26-23/h2-15,20H,1H3,(H,28,31)(H,25,26,30)(H2,27,29,34)/b13-8+. The second-order valence-electron chi connectivity index (χ2n) is 7.54. The zero-order valence-electron chi connectivity index (χ0n) is 18.6. The molecule has 3 aromatic rings. The molecule has 1 amide bonds. The second kappa shape index (κ2) is 10.5. The first-order valence-corrected chi connectivity index (χ1v) is 12.4. The van der Waals surface area contributed by atoms with Crippen LogP contribution in [0, 0.1) is 0 Å². The van der Waals surface area contributed by atoms with Gasteiger partial charge in [0.2, 0.25) is 5.95 Å². The van der Waals surface area contributed by atoms with Crippen molar-refractivity contribution in [3.63, 3.8) is 0 Å². The zero-order chi connectivity index (χ0) is 24.8. The van der Waals surface area contributed by atoms with E-state index in [0.29, 0.717) is 22.1 Å². The van der Waals surface area contributed by atoms with Crippen LogP contribution < -0.4 is 20.7 Å². The molecule has 178 valence electrons. The Labute approximate surface area is 208 Å². The number of aromatic nitrogens is 2. The third kappa shape index (κ3) is 6.08. The van der Waals surface area contributed by atoms with Gasteiger partial charge in [0, 0.05) is 23.8 Å². The number of benzene rings is 2. The molecular formula is C24H22N6O3S2. The van der Waals surface area contributed by atoms with Gasteiger partial charge in [-0.2, -0.15) is 0 Å². The summed E-state index contributed by atoms with van der Waals surface area (Å²) in [4.78, 5) is 20.9. The average molecular weight is 507 g/mol. The fourth-order valence-corrected chi connectivity index (χ4v) is 4.63. The van der Waals surface area contributed by atoms with E-state index in [2.05, 4.69) is 30.6 Å². The van der Waals surface area contributed by atoms with Crippen LogP contribution in [0.1, 0.15) is 12.5 Å². The van der Waals surface area contributed by atoms with Gasteiger partial charge >= 0.3 is 0 Å². The van der Waals surface area contributed by atoms with Gasteiger partial charge < -0.3 is 16.0 Å². The minimum atomic E-state index is -3.88. The van der Waals surface area contributed by atoms with Gasteiger partial charge in [0.15, 0.2) is 5.11 Å². The molecule has 2 aromatic carbocycles. The Kier molecular flexibility index (Phi) is 7.18. The van der Waals surface area contributed by atoms with Crippen molar-refractivity contribution in [2.75, 3.05) is 10.0 Å². The van der Waals surface area contributed by atoms with E-state index >= 15 is 0 Å². The van der Waals surface area contributed by atoms with Crippen LogP contribution in [0.4, 0.5) is 11.6 Å². The topological polar surface area (TPSA) is 125 Å². The predicted molar refractivity (Wildman–Crippen MR) is 139 cm³/mol. The van der Waals surface area contributed by atoms with Gasteiger partial charge in [-0.1, -0.05) is 42.5 Å². The molecule has 1 atom stereocenters. The highest BCUT2D eigenvalue weighted by molar-refractivity contribution is 7.92. The van der Waals surface area contributed by atoms with E-state index in [9.17, 15) is 13.2 Å². The van der Waals surface area contributed by atoms with E-state index < -0.39 is 16.1 Å². The average Bonchev–Trinajstić information content (AvgIpc) is 2.83. The Balaban J connectivity index is 1.50. The molecule has 2 heterocycles. The number of nitrogens with zero attached hydrogens (tertiary/aromatic N) is 2. The van der Waals surface area contributed by atoms with Crippen LogP contribution in [0.2, 0.25) is 0 Å². The van der Waals surface area contributed by atoms with E-state index in [1.807, 2.05) is 42.5 Å². The second-order valence-corrected chi connectivity index (χ2v) is 9.63. The number of sulfonamides is 1. The van der Waals surface area contributed by atoms with Crippen molar-refractivity contribution >= 4 is 51.0 Å². The number of anilines is 2. The number of thiocarbonyl (C=S) groups is 1. The maximum absolute atomic E-state index is 13.2. The molecule has 0 aliphatic carbocycles. The van der Waals surface area contributed by atoms with Gasteiger partial charge in [0.25, 0.3) is 15.9 Å². The summed E-state index contributed by atoms with van der Waals surface area (Å²) in [6, 6.07) is 16.7. The summed E-state index contributed by atoms with van der Waals surface area (Å²) < 4.78 is 27.4. The summed E-state index contributed by atoms with van der Waals surface area (Å²) in [5, 5.41) is 9.33. The van der Waals surface area contributed by atoms with Crippen LogP contribution in [0.3, 0.4) is 0 Å². The van der Waals surface area contributed by atoms with Gasteiger partial charge in [0.1, 0.15) is 0 Å². The third-order valence-electron chi connectivity index (χ3n) is 5.04. The Morgan fingerprint density at radius 3 is 2.40 bits per heavy atom. The molecule has 0 saturated carbocycles. The lowest BCUT2D eigenvalue weighted by Gasteiger charge is -2.28. The molecule has 0 radical (unpaired) electrons. The van der Waals surface area contributed by atoms with Crippen LogP contribution in [-0.2, 0) is 14.8 Å². The van der Waals surface area contributed by atoms with E-state index in [1.165, 1.54) is 36.7 Å². The quantitative estimate of drug-likeness (QED) is 0.361. The van der Waals surface area contributed by atoms with Gasteiger partial charge in [-0.15, -0.1) is 0 Å². The van der Waals surface area contributed by atoms with E-state index in [0.717, 1.165) is 5.56 Å². The minimum absolute atomic E-state index is 0.00775. The SMILES string of the molecule is CC1=C(C(=O)Nc2ccc(S(=O)(=O)Nc3ncccn3)cc2)C(/C=C/c2ccccc2)NC(=S)N1. The Morgan fingerprint density at radius 2 is 1.71 bits per heavy atom. The largest absolute Gasteiger partial charge is 0.352 e. The Bertz CT molecular complexity index is 1390. The molecule has 11 heteroatoms. The number of nitrogens with one attached hydrogen (secondary N) is 4. The first kappa shape index (κ1) is 24.0. The number of rotatable bonds is 7. The maximum atomic E-state index is 13.2. The summed E-state index contributed by atoms with van der Waals surface area (Å²) in [5.41, 5.74) is 2.51. The molecule has 1 unspecified atom stereocenters. The molecule has 0 bridgehead atoms. The maximum Gasteiger partial charge on any atom is 0.264 e. The van der Waals surface area contributed by atoms with E-state index in [4.69, 9.17) is 12.2 Å². The Morgan fingerprint density at radius 1 is 1.03 bits per heavy atom. The summed E-state index contributed by atoms with van der Waals surface area (Å²) in [6.07, 6.45) is 6.65. The number of hydrogen-bond acceptors (Lipinski definition) is 6. The van der Waals surface area contributed by atoms with Crippen molar-refractivity contribution in [2.24, 2.45) is 0 Å². The monoisotopic (exact) mass is 506 g/mol. The molecule has 9 nitrogen and oxygen atoms in total. The number of carbonyl (C=O) groups excluding carboxylic acids is 1. The molecular weight excluding hydrogens is 484 g/mol. The highest BCUT2D eigenvalue weighted by Gasteiger charge is 2.27. The van der Waals surface area contributed by atoms with Crippen molar-refractivity contribution in [1.29, 1.82) is 0 Å². The molecule has 1 aliphatic heterocycles. The molecule has 1 aliphatic rings.